The van der Waals surface area contributed by atoms with Gasteiger partial charge in [-0.3, -0.25) is 0 Å². The Bertz CT molecular complexity index is 510. The van der Waals surface area contributed by atoms with Crippen LogP contribution in [0.3, 0.4) is 0 Å². The number of epoxide rings is 1. The van der Waals surface area contributed by atoms with E-state index in [-0.39, 0.29) is 0 Å². The first-order valence-corrected chi connectivity index (χ1v) is 26.0. The third-order valence-corrected chi connectivity index (χ3v) is 24.2. The van der Waals surface area contributed by atoms with Gasteiger partial charge in [0.1, 0.15) is 0 Å². The van der Waals surface area contributed by atoms with Gasteiger partial charge >= 0.3 is 17.1 Å². The van der Waals surface area contributed by atoms with Crippen LogP contribution >= 0.6 is 0 Å². The third kappa shape index (κ3) is 11.9. The molecule has 0 saturated carbocycles. The highest BCUT2D eigenvalue weighted by Gasteiger charge is 2.46. The second-order valence-electron chi connectivity index (χ2n) is 11.2. The first kappa shape index (κ1) is 27.9. The number of ether oxygens (including phenoxy) is 1. The topological polar surface area (TPSA) is 49.5 Å². The van der Waals surface area contributed by atoms with Crippen LogP contribution < -0.4 is 0 Å². The molecular formula is C19H48O5Si5. The standard InChI is InChI=1S/C19H48O5Si5/c1-12-14-26(6,7)23-27(8,9)16-17-28(10,20-2)24-29(11,22-25(3,4)5)15-13-19-18-21-19/h19H,12-18H2,1-11H3. The van der Waals surface area contributed by atoms with E-state index in [1.165, 1.54) is 12.5 Å². The van der Waals surface area contributed by atoms with Crippen molar-refractivity contribution >= 4 is 42.1 Å². The molecular weight excluding hydrogens is 449 g/mol. The largest absolute Gasteiger partial charge is 0.456 e. The van der Waals surface area contributed by atoms with Crippen molar-refractivity contribution in [2.24, 2.45) is 0 Å². The predicted octanol–water partition coefficient (Wildman–Crippen LogP) is 6.27. The van der Waals surface area contributed by atoms with Gasteiger partial charge in [-0.1, -0.05) is 13.3 Å². The molecule has 10 heteroatoms. The van der Waals surface area contributed by atoms with Crippen molar-refractivity contribution in [3.05, 3.63) is 0 Å². The van der Waals surface area contributed by atoms with Crippen molar-refractivity contribution in [1.29, 1.82) is 0 Å². The van der Waals surface area contributed by atoms with Gasteiger partial charge in [-0.15, -0.1) is 0 Å². The van der Waals surface area contributed by atoms with Crippen molar-refractivity contribution in [2.45, 2.75) is 109 Å². The summed E-state index contributed by atoms with van der Waals surface area (Å²) in [6.45, 7) is 23.8. The van der Waals surface area contributed by atoms with Gasteiger partial charge in [-0.05, 0) is 89.5 Å². The Hall–Kier alpha value is 0.884. The molecule has 0 spiro atoms. The molecule has 1 fully saturated rings. The quantitative estimate of drug-likeness (QED) is 0.197. The molecule has 3 unspecified atom stereocenters. The molecule has 0 N–H and O–H groups in total. The van der Waals surface area contributed by atoms with E-state index in [1.807, 2.05) is 7.11 Å². The second kappa shape index (κ2) is 10.7. The fourth-order valence-corrected chi connectivity index (χ4v) is 28.3. The maximum Gasteiger partial charge on any atom is 0.325 e. The Kier molecular flexibility index (Phi) is 10.3. The summed E-state index contributed by atoms with van der Waals surface area (Å²) in [7, 11) is -7.85. The highest BCUT2D eigenvalue weighted by atomic mass is 28.5. The van der Waals surface area contributed by atoms with Crippen molar-refractivity contribution in [2.75, 3.05) is 13.7 Å². The lowest BCUT2D eigenvalue weighted by Crippen LogP contribution is -2.56. The van der Waals surface area contributed by atoms with Gasteiger partial charge in [0.15, 0.2) is 25.0 Å². The average Bonchev–Trinajstić information content (AvgIpc) is 3.32. The molecule has 0 aliphatic carbocycles. The molecule has 174 valence electrons. The van der Waals surface area contributed by atoms with Crippen LogP contribution in [0.5, 0.6) is 0 Å². The first-order chi connectivity index (χ1) is 13.0. The summed E-state index contributed by atoms with van der Waals surface area (Å²) in [6, 6.07) is 4.29. The normalized spacial score (nSPS) is 22.2. The van der Waals surface area contributed by atoms with Crippen LogP contribution in [0.4, 0.5) is 0 Å². The zero-order valence-electron chi connectivity index (χ0n) is 21.1. The molecule has 1 saturated heterocycles. The van der Waals surface area contributed by atoms with Gasteiger partial charge in [-0.2, -0.15) is 0 Å². The Balaban J connectivity index is 2.80. The van der Waals surface area contributed by atoms with E-state index in [2.05, 4.69) is 65.8 Å². The van der Waals surface area contributed by atoms with Gasteiger partial charge in [0, 0.05) is 7.11 Å². The number of rotatable bonds is 15. The summed E-state index contributed by atoms with van der Waals surface area (Å²) in [5, 5.41) is 0. The minimum atomic E-state index is -2.33. The SMILES string of the molecule is CCC[Si](C)(C)O[Si](C)(C)CC[Si](C)(OC)O[Si](C)(CCC1CO1)O[Si](C)(C)C. The highest BCUT2D eigenvalue weighted by Crippen LogP contribution is 2.33. The Morgan fingerprint density at radius 2 is 1.28 bits per heavy atom. The lowest BCUT2D eigenvalue weighted by atomic mass is 10.4. The molecule has 0 aromatic rings. The molecule has 0 bridgehead atoms. The summed E-state index contributed by atoms with van der Waals surface area (Å²) in [6.07, 6.45) is 2.67. The lowest BCUT2D eigenvalue weighted by Gasteiger charge is -2.41. The van der Waals surface area contributed by atoms with Gasteiger partial charge in [0.2, 0.25) is 0 Å². The van der Waals surface area contributed by atoms with E-state index < -0.39 is 42.1 Å². The molecule has 1 heterocycles. The molecule has 5 nitrogen and oxygen atoms in total. The summed E-state index contributed by atoms with van der Waals surface area (Å²) in [4.78, 5) is 0. The van der Waals surface area contributed by atoms with Crippen LogP contribution in [0.25, 0.3) is 0 Å². The minimum absolute atomic E-state index is 0.414. The highest BCUT2D eigenvalue weighted by molar-refractivity contribution is 6.88. The summed E-state index contributed by atoms with van der Waals surface area (Å²) in [5.74, 6) is 0. The molecule has 1 rings (SSSR count). The van der Waals surface area contributed by atoms with Crippen molar-refractivity contribution in [3.8, 4) is 0 Å². The van der Waals surface area contributed by atoms with Crippen molar-refractivity contribution in [1.82, 2.24) is 0 Å². The smallest absolute Gasteiger partial charge is 0.325 e. The van der Waals surface area contributed by atoms with Crippen LogP contribution in [0.2, 0.25) is 83.1 Å². The van der Waals surface area contributed by atoms with Gasteiger partial charge < -0.3 is 21.5 Å². The van der Waals surface area contributed by atoms with Crippen LogP contribution in [-0.2, 0) is 21.5 Å². The fraction of sp³-hybridized carbons (Fsp3) is 1.00. The molecule has 1 aliphatic heterocycles. The average molecular weight is 497 g/mol. The van der Waals surface area contributed by atoms with Crippen LogP contribution in [-0.4, -0.2) is 61.9 Å². The van der Waals surface area contributed by atoms with E-state index in [0.717, 1.165) is 31.2 Å². The van der Waals surface area contributed by atoms with Crippen LogP contribution in [0, 0.1) is 0 Å². The van der Waals surface area contributed by atoms with Crippen molar-refractivity contribution in [3.63, 3.8) is 0 Å². The van der Waals surface area contributed by atoms with Crippen LogP contribution in [0.1, 0.15) is 19.8 Å². The van der Waals surface area contributed by atoms with Gasteiger partial charge in [0.05, 0.1) is 12.7 Å². The molecule has 0 amide bonds. The van der Waals surface area contributed by atoms with E-state index >= 15 is 0 Å². The summed E-state index contributed by atoms with van der Waals surface area (Å²) in [5.41, 5.74) is 0. The lowest BCUT2D eigenvalue weighted by molar-refractivity contribution is 0.267. The first-order valence-electron chi connectivity index (χ1n) is 11.3. The minimum Gasteiger partial charge on any atom is -0.456 e. The molecule has 29 heavy (non-hydrogen) atoms. The van der Waals surface area contributed by atoms with Gasteiger partial charge in [0.25, 0.3) is 0 Å². The monoisotopic (exact) mass is 496 g/mol. The van der Waals surface area contributed by atoms with Crippen LogP contribution in [0.15, 0.2) is 0 Å². The van der Waals surface area contributed by atoms with Gasteiger partial charge in [-0.25, -0.2) is 0 Å². The molecule has 0 aromatic heterocycles. The van der Waals surface area contributed by atoms with E-state index in [4.69, 9.17) is 21.5 Å². The number of hydrogen-bond donors (Lipinski definition) is 0. The fourth-order valence-electron chi connectivity index (χ4n) is 4.06. The maximum atomic E-state index is 6.89. The predicted molar refractivity (Wildman–Crippen MR) is 136 cm³/mol. The maximum absolute atomic E-state index is 6.89. The van der Waals surface area contributed by atoms with E-state index in [9.17, 15) is 0 Å². The zero-order valence-corrected chi connectivity index (χ0v) is 26.1. The molecule has 0 radical (unpaired) electrons. The Labute approximate surface area is 186 Å². The Morgan fingerprint density at radius 3 is 1.72 bits per heavy atom. The van der Waals surface area contributed by atoms with Crippen molar-refractivity contribution < 1.29 is 21.5 Å². The second-order valence-corrected chi connectivity index (χ2v) is 31.8. The Morgan fingerprint density at radius 1 is 0.724 bits per heavy atom. The number of hydrogen-bond acceptors (Lipinski definition) is 5. The molecule has 3 atom stereocenters. The molecule has 0 aromatic carbocycles. The third-order valence-electron chi connectivity index (χ3n) is 5.29. The van der Waals surface area contributed by atoms with E-state index in [1.54, 1.807) is 0 Å². The summed E-state index contributed by atoms with van der Waals surface area (Å²) < 4.78 is 31.9. The summed E-state index contributed by atoms with van der Waals surface area (Å²) >= 11 is 0. The van der Waals surface area contributed by atoms with E-state index in [0.29, 0.717) is 6.10 Å². The zero-order chi connectivity index (χ0) is 22.6. The molecule has 1 aliphatic rings.